The first-order valence-corrected chi connectivity index (χ1v) is 13.1. The second-order valence-electron chi connectivity index (χ2n) is 12.9. The van der Waals surface area contributed by atoms with Gasteiger partial charge in [0.2, 0.25) is 0 Å². The minimum atomic E-state index is -0.661. The highest BCUT2D eigenvalue weighted by Crippen LogP contribution is 2.68. The fraction of sp³-hybridized carbons (Fsp3) is 1.00. The Morgan fingerprint density at radius 2 is 1.47 bits per heavy atom. The van der Waals surface area contributed by atoms with Gasteiger partial charge >= 0.3 is 0 Å². The van der Waals surface area contributed by atoms with Gasteiger partial charge in [0, 0.05) is 0 Å². The van der Waals surface area contributed by atoms with E-state index in [0.29, 0.717) is 30.1 Å². The van der Waals surface area contributed by atoms with Crippen molar-refractivity contribution in [2.75, 3.05) is 0 Å². The first kappa shape index (κ1) is 23.1. The molecular formula is C27H48O3. The summed E-state index contributed by atoms with van der Waals surface area (Å²) in [7, 11) is 0. The van der Waals surface area contributed by atoms with Crippen molar-refractivity contribution in [3.8, 4) is 0 Å². The highest BCUT2D eigenvalue weighted by Gasteiger charge is 2.63. The van der Waals surface area contributed by atoms with Crippen LogP contribution in [0.5, 0.6) is 0 Å². The summed E-state index contributed by atoms with van der Waals surface area (Å²) in [5, 5.41) is 31.9. The molecule has 0 aromatic heterocycles. The van der Waals surface area contributed by atoms with E-state index in [0.717, 1.165) is 30.1 Å². The quantitative estimate of drug-likeness (QED) is 0.557. The smallest absolute Gasteiger partial charge is 0.0804 e. The first-order valence-electron chi connectivity index (χ1n) is 13.1. The average molecular weight is 421 g/mol. The van der Waals surface area contributed by atoms with Crippen LogP contribution in [0.3, 0.4) is 0 Å². The van der Waals surface area contributed by atoms with Crippen molar-refractivity contribution in [1.29, 1.82) is 0 Å². The Balaban J connectivity index is 1.51. The van der Waals surface area contributed by atoms with Crippen LogP contribution in [-0.4, -0.2) is 33.6 Å². The molecule has 3 nitrogen and oxygen atoms in total. The molecule has 4 rings (SSSR count). The van der Waals surface area contributed by atoms with Gasteiger partial charge in [0.05, 0.1) is 18.3 Å². The molecule has 0 spiro atoms. The Kier molecular flexibility index (Phi) is 6.41. The Bertz CT molecular complexity index is 605. The van der Waals surface area contributed by atoms with E-state index in [4.69, 9.17) is 0 Å². The normalized spacial score (nSPS) is 51.9. The van der Waals surface area contributed by atoms with Crippen molar-refractivity contribution in [3.05, 3.63) is 0 Å². The largest absolute Gasteiger partial charge is 0.393 e. The summed E-state index contributed by atoms with van der Waals surface area (Å²) >= 11 is 0. The molecule has 30 heavy (non-hydrogen) atoms. The number of rotatable bonds is 5. The van der Waals surface area contributed by atoms with Crippen molar-refractivity contribution in [2.45, 2.75) is 117 Å². The number of hydrogen-bond acceptors (Lipinski definition) is 3. The zero-order valence-electron chi connectivity index (χ0n) is 20.2. The molecule has 4 aliphatic carbocycles. The lowest BCUT2D eigenvalue weighted by Crippen LogP contribution is -2.60. The second kappa shape index (κ2) is 8.34. The predicted molar refractivity (Wildman–Crippen MR) is 122 cm³/mol. The number of aliphatic hydroxyl groups excluding tert-OH is 3. The topological polar surface area (TPSA) is 60.7 Å². The van der Waals surface area contributed by atoms with E-state index < -0.39 is 12.2 Å². The summed E-state index contributed by atoms with van der Waals surface area (Å²) in [6.45, 7) is 12.1. The van der Waals surface area contributed by atoms with Crippen LogP contribution in [0, 0.1) is 52.3 Å². The van der Waals surface area contributed by atoms with Crippen LogP contribution >= 0.6 is 0 Å². The standard InChI is InChI=1S/C27H48O3/c1-16(2)7-6-8-17(3)19-9-10-20-18-13-23(28)22-14-24(29)25(30)15-27(22,5)21(18)11-12-26(19,20)4/h16-25,28-30H,6-15H2,1-5H3/t17-,18+,19-,20+,21+,22+,23-,24-,25+,26-,27-/m1/s1. The zero-order valence-corrected chi connectivity index (χ0v) is 20.2. The molecule has 174 valence electrons. The predicted octanol–water partition coefficient (Wildman–Crippen LogP) is 5.41. The van der Waals surface area contributed by atoms with Crippen LogP contribution in [0.2, 0.25) is 0 Å². The second-order valence-corrected chi connectivity index (χ2v) is 12.9. The monoisotopic (exact) mass is 420 g/mol. The van der Waals surface area contributed by atoms with E-state index in [1.54, 1.807) is 0 Å². The molecule has 4 fully saturated rings. The van der Waals surface area contributed by atoms with E-state index in [1.165, 1.54) is 44.9 Å². The molecule has 4 aliphatic rings. The Morgan fingerprint density at radius 3 is 2.17 bits per heavy atom. The molecule has 0 amide bonds. The lowest BCUT2D eigenvalue weighted by Gasteiger charge is -2.62. The van der Waals surface area contributed by atoms with Gasteiger partial charge in [-0.15, -0.1) is 0 Å². The lowest BCUT2D eigenvalue weighted by molar-refractivity contribution is -0.195. The summed E-state index contributed by atoms with van der Waals surface area (Å²) in [6.07, 6.45) is 9.88. The number of fused-ring (bicyclic) bond motifs is 5. The van der Waals surface area contributed by atoms with Gasteiger partial charge in [0.15, 0.2) is 0 Å². The van der Waals surface area contributed by atoms with Gasteiger partial charge in [-0.1, -0.05) is 53.9 Å². The number of aliphatic hydroxyl groups is 3. The molecule has 4 saturated carbocycles. The van der Waals surface area contributed by atoms with Crippen molar-refractivity contribution in [2.24, 2.45) is 52.3 Å². The van der Waals surface area contributed by atoms with Crippen LogP contribution in [0.4, 0.5) is 0 Å². The van der Waals surface area contributed by atoms with Crippen LogP contribution in [0.15, 0.2) is 0 Å². The minimum absolute atomic E-state index is 0.0245. The van der Waals surface area contributed by atoms with E-state index in [9.17, 15) is 15.3 Å². The Hall–Kier alpha value is -0.120. The molecule has 0 saturated heterocycles. The van der Waals surface area contributed by atoms with Gasteiger partial charge in [-0.3, -0.25) is 0 Å². The van der Waals surface area contributed by atoms with Crippen LogP contribution < -0.4 is 0 Å². The summed E-state index contributed by atoms with van der Waals surface area (Å²) in [5.41, 5.74) is 0.400. The molecule has 0 aromatic rings. The van der Waals surface area contributed by atoms with Crippen LogP contribution in [0.1, 0.15) is 98.8 Å². The highest BCUT2D eigenvalue weighted by molar-refractivity contribution is 5.12. The molecule has 0 radical (unpaired) electrons. The van der Waals surface area contributed by atoms with Gasteiger partial charge in [0.1, 0.15) is 0 Å². The summed E-state index contributed by atoms with van der Waals surface area (Å²) in [5.74, 6) is 4.51. The van der Waals surface area contributed by atoms with Gasteiger partial charge in [-0.25, -0.2) is 0 Å². The maximum atomic E-state index is 11.2. The lowest BCUT2D eigenvalue weighted by atomic mass is 9.43. The third-order valence-electron chi connectivity index (χ3n) is 10.9. The first-order chi connectivity index (χ1) is 14.1. The van der Waals surface area contributed by atoms with Crippen molar-refractivity contribution < 1.29 is 15.3 Å². The zero-order chi connectivity index (χ0) is 21.8. The van der Waals surface area contributed by atoms with Crippen LogP contribution in [0.25, 0.3) is 0 Å². The molecule has 0 unspecified atom stereocenters. The van der Waals surface area contributed by atoms with Crippen molar-refractivity contribution in [1.82, 2.24) is 0 Å². The molecule has 0 heterocycles. The van der Waals surface area contributed by atoms with Crippen LogP contribution in [-0.2, 0) is 0 Å². The molecule has 11 atom stereocenters. The molecule has 3 heteroatoms. The van der Waals surface area contributed by atoms with E-state index in [-0.39, 0.29) is 17.4 Å². The summed E-state index contributed by atoms with van der Waals surface area (Å²) in [6, 6.07) is 0. The molecule has 0 aliphatic heterocycles. The third kappa shape index (κ3) is 3.69. The third-order valence-corrected chi connectivity index (χ3v) is 10.9. The maximum Gasteiger partial charge on any atom is 0.0804 e. The Morgan fingerprint density at radius 1 is 0.767 bits per heavy atom. The number of hydrogen-bond donors (Lipinski definition) is 3. The fourth-order valence-corrected chi connectivity index (χ4v) is 9.35. The van der Waals surface area contributed by atoms with Gasteiger partial charge < -0.3 is 15.3 Å². The fourth-order valence-electron chi connectivity index (χ4n) is 9.35. The summed E-state index contributed by atoms with van der Waals surface area (Å²) in [4.78, 5) is 0. The van der Waals surface area contributed by atoms with Gasteiger partial charge in [-0.2, -0.15) is 0 Å². The van der Waals surface area contributed by atoms with Gasteiger partial charge in [-0.05, 0) is 97.2 Å². The van der Waals surface area contributed by atoms with E-state index in [1.807, 2.05) is 0 Å². The maximum absolute atomic E-state index is 11.2. The summed E-state index contributed by atoms with van der Waals surface area (Å²) < 4.78 is 0. The Labute approximate surface area is 185 Å². The van der Waals surface area contributed by atoms with E-state index >= 15 is 0 Å². The van der Waals surface area contributed by atoms with Crippen molar-refractivity contribution >= 4 is 0 Å². The average Bonchev–Trinajstić information content (AvgIpc) is 3.01. The molecule has 0 bridgehead atoms. The molecule has 3 N–H and O–H groups in total. The molecular weight excluding hydrogens is 372 g/mol. The SMILES string of the molecule is CC(C)CCC[C@@H](C)[C@H]1CC[C@H]2[C@@H]3C[C@@H](O)[C@@H]4C[C@@H](O)[C@@H](O)C[C@]4(C)[C@H]3CC[C@]12C. The minimum Gasteiger partial charge on any atom is -0.393 e. The van der Waals surface area contributed by atoms with Gasteiger partial charge in [0.25, 0.3) is 0 Å². The highest BCUT2D eigenvalue weighted by atomic mass is 16.3. The van der Waals surface area contributed by atoms with Crippen molar-refractivity contribution in [3.63, 3.8) is 0 Å². The molecule has 0 aromatic carbocycles. The van der Waals surface area contributed by atoms with E-state index in [2.05, 4.69) is 34.6 Å².